The molecule has 0 spiro atoms. The van der Waals surface area contributed by atoms with Gasteiger partial charge in [-0.05, 0) is 18.8 Å². The highest BCUT2D eigenvalue weighted by atomic mass is 16.1. The van der Waals surface area contributed by atoms with E-state index in [0.29, 0.717) is 6.42 Å². The second-order valence-electron chi connectivity index (χ2n) is 5.72. The molecule has 0 aliphatic carbocycles. The van der Waals surface area contributed by atoms with E-state index >= 15 is 0 Å². The van der Waals surface area contributed by atoms with Gasteiger partial charge in [0.2, 0.25) is 0 Å². The molecule has 1 aromatic carbocycles. The molecule has 1 heteroatoms. The van der Waals surface area contributed by atoms with Gasteiger partial charge in [0.25, 0.3) is 0 Å². The summed E-state index contributed by atoms with van der Waals surface area (Å²) in [6.45, 7) is 8.52. The average Bonchev–Trinajstić information content (AvgIpc) is 2.47. The van der Waals surface area contributed by atoms with Gasteiger partial charge in [-0.1, -0.05) is 82.0 Å². The van der Waals surface area contributed by atoms with E-state index < -0.39 is 0 Å². The molecule has 20 heavy (non-hydrogen) atoms. The molecular formula is C19H28O. The third-order valence-electron chi connectivity index (χ3n) is 3.89. The van der Waals surface area contributed by atoms with Crippen molar-refractivity contribution in [3.8, 4) is 0 Å². The van der Waals surface area contributed by atoms with Gasteiger partial charge in [-0.2, -0.15) is 0 Å². The van der Waals surface area contributed by atoms with Gasteiger partial charge in [-0.3, -0.25) is 4.79 Å². The van der Waals surface area contributed by atoms with Crippen molar-refractivity contribution < 1.29 is 4.79 Å². The molecule has 0 aliphatic heterocycles. The van der Waals surface area contributed by atoms with Crippen LogP contribution in [0.1, 0.15) is 69.2 Å². The molecule has 1 unspecified atom stereocenters. The zero-order valence-electron chi connectivity index (χ0n) is 13.0. The van der Waals surface area contributed by atoms with Gasteiger partial charge < -0.3 is 0 Å². The molecular weight excluding hydrogens is 244 g/mol. The molecule has 0 radical (unpaired) electrons. The minimum atomic E-state index is 0.227. The molecule has 0 saturated carbocycles. The lowest BCUT2D eigenvalue weighted by Gasteiger charge is -2.14. The largest absolute Gasteiger partial charge is 0.294 e. The molecule has 0 heterocycles. The van der Waals surface area contributed by atoms with Crippen LogP contribution in [0, 0.1) is 5.92 Å². The minimum absolute atomic E-state index is 0.227. The van der Waals surface area contributed by atoms with Gasteiger partial charge in [0.15, 0.2) is 5.78 Å². The topological polar surface area (TPSA) is 17.1 Å². The molecule has 1 aromatic rings. The molecule has 110 valence electrons. The van der Waals surface area contributed by atoms with E-state index in [4.69, 9.17) is 0 Å². The summed E-state index contributed by atoms with van der Waals surface area (Å²) < 4.78 is 0. The van der Waals surface area contributed by atoms with Crippen molar-refractivity contribution in [2.24, 2.45) is 5.92 Å². The molecule has 0 saturated heterocycles. The molecule has 1 rings (SSSR count). The molecule has 1 atom stereocenters. The lowest BCUT2D eigenvalue weighted by Crippen LogP contribution is -2.08. The summed E-state index contributed by atoms with van der Waals surface area (Å²) in [4.78, 5) is 12.1. The van der Waals surface area contributed by atoms with E-state index in [1.54, 1.807) is 0 Å². The van der Waals surface area contributed by atoms with E-state index in [1.807, 2.05) is 30.3 Å². The Morgan fingerprint density at radius 1 is 1.10 bits per heavy atom. The highest BCUT2D eigenvalue weighted by Gasteiger charge is 2.13. The van der Waals surface area contributed by atoms with E-state index in [0.717, 1.165) is 12.0 Å². The smallest absolute Gasteiger partial charge is 0.163 e. The molecule has 1 nitrogen and oxygen atoms in total. The summed E-state index contributed by atoms with van der Waals surface area (Å²) in [7, 11) is 0. The molecule has 0 amide bonds. The maximum absolute atomic E-state index is 12.1. The van der Waals surface area contributed by atoms with Crippen molar-refractivity contribution >= 4 is 5.78 Å². The van der Waals surface area contributed by atoms with Crippen molar-refractivity contribution in [3.63, 3.8) is 0 Å². The fourth-order valence-electron chi connectivity index (χ4n) is 2.37. The lowest BCUT2D eigenvalue weighted by atomic mass is 9.91. The van der Waals surface area contributed by atoms with Gasteiger partial charge in [-0.25, -0.2) is 0 Å². The number of carbonyl (C=O) groups excluding carboxylic acids is 1. The van der Waals surface area contributed by atoms with Crippen molar-refractivity contribution in [2.45, 2.75) is 58.8 Å². The van der Waals surface area contributed by atoms with E-state index in [2.05, 4.69) is 20.4 Å². The van der Waals surface area contributed by atoms with Crippen LogP contribution >= 0.6 is 0 Å². The normalized spacial score (nSPS) is 12.1. The Labute approximate surface area is 124 Å². The zero-order chi connectivity index (χ0) is 14.8. The summed E-state index contributed by atoms with van der Waals surface area (Å²) in [6.07, 6.45) is 8.07. The number of hydrogen-bond acceptors (Lipinski definition) is 1. The average molecular weight is 272 g/mol. The third-order valence-corrected chi connectivity index (χ3v) is 3.89. The maximum atomic E-state index is 12.1. The van der Waals surface area contributed by atoms with E-state index in [-0.39, 0.29) is 11.7 Å². The highest BCUT2D eigenvalue weighted by molar-refractivity contribution is 5.96. The van der Waals surface area contributed by atoms with Crippen LogP contribution in [0.4, 0.5) is 0 Å². The minimum Gasteiger partial charge on any atom is -0.294 e. The summed E-state index contributed by atoms with van der Waals surface area (Å²) in [5.41, 5.74) is 2.04. The Morgan fingerprint density at radius 2 is 1.75 bits per heavy atom. The summed E-state index contributed by atoms with van der Waals surface area (Å²) in [5, 5.41) is 0. The first-order valence-corrected chi connectivity index (χ1v) is 7.91. The van der Waals surface area contributed by atoms with Gasteiger partial charge in [0, 0.05) is 12.0 Å². The van der Waals surface area contributed by atoms with Crippen LogP contribution in [-0.4, -0.2) is 5.78 Å². The standard InChI is InChI=1S/C19H28O/c1-4-5-6-7-9-12-16(2)17(3)15-19(20)18-13-10-8-11-14-18/h8,10-11,13-14,17H,2,4-7,9,12,15H2,1,3H3. The first-order chi connectivity index (χ1) is 9.65. The molecule has 0 aromatic heterocycles. The number of carbonyl (C=O) groups is 1. The fraction of sp³-hybridized carbons (Fsp3) is 0.526. The Morgan fingerprint density at radius 3 is 2.40 bits per heavy atom. The van der Waals surface area contributed by atoms with Crippen molar-refractivity contribution in [1.82, 2.24) is 0 Å². The predicted octanol–water partition coefficient (Wildman–Crippen LogP) is 5.81. The number of ketones is 1. The molecule has 0 N–H and O–H groups in total. The van der Waals surface area contributed by atoms with Gasteiger partial charge in [0.05, 0.1) is 0 Å². The summed E-state index contributed by atoms with van der Waals surface area (Å²) >= 11 is 0. The second kappa shape index (κ2) is 9.52. The molecule has 0 bridgehead atoms. The zero-order valence-corrected chi connectivity index (χ0v) is 13.0. The number of benzene rings is 1. The molecule has 0 aliphatic rings. The number of Topliss-reactive ketones (excluding diaryl/α,β-unsaturated/α-hetero) is 1. The summed E-state index contributed by atoms with van der Waals surface area (Å²) in [5.74, 6) is 0.513. The van der Waals surface area contributed by atoms with Crippen LogP contribution in [0.5, 0.6) is 0 Å². The Balaban J connectivity index is 2.29. The van der Waals surface area contributed by atoms with Crippen LogP contribution < -0.4 is 0 Å². The van der Waals surface area contributed by atoms with Crippen LogP contribution in [0.2, 0.25) is 0 Å². The van der Waals surface area contributed by atoms with E-state index in [1.165, 1.54) is 37.7 Å². The first-order valence-electron chi connectivity index (χ1n) is 7.91. The summed E-state index contributed by atoms with van der Waals surface area (Å²) in [6, 6.07) is 9.56. The number of rotatable bonds is 10. The Bertz CT molecular complexity index is 405. The van der Waals surface area contributed by atoms with Crippen molar-refractivity contribution in [3.05, 3.63) is 48.0 Å². The third kappa shape index (κ3) is 6.18. The quantitative estimate of drug-likeness (QED) is 0.298. The maximum Gasteiger partial charge on any atom is 0.163 e. The van der Waals surface area contributed by atoms with Crippen LogP contribution in [0.3, 0.4) is 0 Å². The predicted molar refractivity (Wildman–Crippen MR) is 87.1 cm³/mol. The van der Waals surface area contributed by atoms with Gasteiger partial charge >= 0.3 is 0 Å². The monoisotopic (exact) mass is 272 g/mol. The van der Waals surface area contributed by atoms with Crippen molar-refractivity contribution in [1.29, 1.82) is 0 Å². The molecule has 0 fully saturated rings. The van der Waals surface area contributed by atoms with Crippen LogP contribution in [0.25, 0.3) is 0 Å². The van der Waals surface area contributed by atoms with Crippen LogP contribution in [-0.2, 0) is 0 Å². The first kappa shape index (κ1) is 16.7. The number of allylic oxidation sites excluding steroid dienone is 1. The fourth-order valence-corrected chi connectivity index (χ4v) is 2.37. The number of unbranched alkanes of at least 4 members (excludes halogenated alkanes) is 4. The van der Waals surface area contributed by atoms with Crippen LogP contribution in [0.15, 0.2) is 42.5 Å². The highest BCUT2D eigenvalue weighted by Crippen LogP contribution is 2.21. The van der Waals surface area contributed by atoms with Gasteiger partial charge in [0.1, 0.15) is 0 Å². The lowest BCUT2D eigenvalue weighted by molar-refractivity contribution is 0.0969. The Kier molecular flexibility index (Phi) is 7.94. The second-order valence-corrected chi connectivity index (χ2v) is 5.72. The Hall–Kier alpha value is -1.37. The SMILES string of the molecule is C=C(CCCCCCC)C(C)CC(=O)c1ccccc1. The van der Waals surface area contributed by atoms with Gasteiger partial charge in [-0.15, -0.1) is 0 Å². The van der Waals surface area contributed by atoms with E-state index in [9.17, 15) is 4.79 Å². The number of hydrogen-bond donors (Lipinski definition) is 0. The van der Waals surface area contributed by atoms with Crippen molar-refractivity contribution in [2.75, 3.05) is 0 Å².